The number of aliphatic hydroxyl groups is 1. The van der Waals surface area contributed by atoms with E-state index in [-0.39, 0.29) is 22.8 Å². The number of aliphatic hydroxyl groups excluding tert-OH is 1. The third-order valence-electron chi connectivity index (χ3n) is 4.49. The van der Waals surface area contributed by atoms with E-state index >= 15 is 0 Å². The predicted molar refractivity (Wildman–Crippen MR) is 70.9 cm³/mol. The molecule has 0 amide bonds. The molecule has 2 bridgehead atoms. The van der Waals surface area contributed by atoms with Gasteiger partial charge in [-0.2, -0.15) is 0 Å². The Morgan fingerprint density at radius 1 is 1.37 bits per heavy atom. The van der Waals surface area contributed by atoms with E-state index in [0.29, 0.717) is 12.3 Å². The highest BCUT2D eigenvalue weighted by Gasteiger charge is 2.40. The van der Waals surface area contributed by atoms with E-state index in [1.54, 1.807) is 12.1 Å². The van der Waals surface area contributed by atoms with Crippen LogP contribution in [0.4, 0.5) is 5.69 Å². The third-order valence-corrected chi connectivity index (χ3v) is 4.49. The normalized spacial score (nSPS) is 33.3. The summed E-state index contributed by atoms with van der Waals surface area (Å²) in [6.07, 6.45) is 2.56. The fourth-order valence-corrected chi connectivity index (χ4v) is 3.41. The molecule has 4 rings (SSSR count). The molecular formula is C14H18N2O3. The van der Waals surface area contributed by atoms with Crippen LogP contribution in [0.1, 0.15) is 18.4 Å². The van der Waals surface area contributed by atoms with Gasteiger partial charge in [-0.05, 0) is 43.8 Å². The quantitative estimate of drug-likeness (QED) is 0.663. The highest BCUT2D eigenvalue weighted by Crippen LogP contribution is 2.34. The van der Waals surface area contributed by atoms with Crippen LogP contribution in [0.15, 0.2) is 24.3 Å². The van der Waals surface area contributed by atoms with Crippen LogP contribution in [-0.2, 0) is 6.42 Å². The van der Waals surface area contributed by atoms with Gasteiger partial charge in [-0.1, -0.05) is 12.1 Å². The number of hydrogen-bond acceptors (Lipinski definition) is 4. The van der Waals surface area contributed by atoms with Gasteiger partial charge in [0.25, 0.3) is 5.69 Å². The zero-order chi connectivity index (χ0) is 13.4. The van der Waals surface area contributed by atoms with Crippen molar-refractivity contribution in [1.29, 1.82) is 0 Å². The molecule has 0 aromatic heterocycles. The van der Waals surface area contributed by atoms with Crippen LogP contribution < -0.4 is 0 Å². The average molecular weight is 262 g/mol. The number of nitro benzene ring substituents is 1. The third kappa shape index (κ3) is 2.35. The highest BCUT2D eigenvalue weighted by molar-refractivity contribution is 5.34. The van der Waals surface area contributed by atoms with Crippen molar-refractivity contribution in [2.24, 2.45) is 5.92 Å². The maximum absolute atomic E-state index is 10.8. The second-order valence-electron chi connectivity index (χ2n) is 5.56. The van der Waals surface area contributed by atoms with Gasteiger partial charge in [0, 0.05) is 18.2 Å². The smallest absolute Gasteiger partial charge is 0.269 e. The Kier molecular flexibility index (Phi) is 3.24. The van der Waals surface area contributed by atoms with Crippen LogP contribution in [-0.4, -0.2) is 40.2 Å². The summed E-state index contributed by atoms with van der Waals surface area (Å²) in [6, 6.07) is 6.87. The largest absolute Gasteiger partial charge is 0.391 e. The summed E-state index contributed by atoms with van der Waals surface area (Å²) in [7, 11) is 0. The first-order valence-electron chi connectivity index (χ1n) is 6.80. The maximum Gasteiger partial charge on any atom is 0.269 e. The van der Waals surface area contributed by atoms with Crippen LogP contribution in [0.2, 0.25) is 0 Å². The summed E-state index contributed by atoms with van der Waals surface area (Å²) in [5.74, 6) is 0.411. The van der Waals surface area contributed by atoms with Crippen molar-refractivity contribution in [3.63, 3.8) is 0 Å². The van der Waals surface area contributed by atoms with E-state index in [4.69, 9.17) is 0 Å². The zero-order valence-corrected chi connectivity index (χ0v) is 10.7. The van der Waals surface area contributed by atoms with Crippen molar-refractivity contribution >= 4 is 5.69 Å². The minimum Gasteiger partial charge on any atom is -0.391 e. The fraction of sp³-hybridized carbons (Fsp3) is 0.571. The number of hydrogen-bond donors (Lipinski definition) is 1. The number of piperidine rings is 3. The van der Waals surface area contributed by atoms with Gasteiger partial charge in [-0.3, -0.25) is 15.0 Å². The molecule has 0 saturated carbocycles. The first-order chi connectivity index (χ1) is 9.15. The van der Waals surface area contributed by atoms with Gasteiger partial charge in [0.15, 0.2) is 0 Å². The Hall–Kier alpha value is -1.46. The van der Waals surface area contributed by atoms with Crippen LogP contribution in [0, 0.1) is 16.0 Å². The van der Waals surface area contributed by atoms with Crippen LogP contribution in [0.5, 0.6) is 0 Å². The Labute approximate surface area is 112 Å². The number of fused-ring (bicyclic) bond motifs is 3. The van der Waals surface area contributed by atoms with Crippen molar-refractivity contribution < 1.29 is 10.0 Å². The van der Waals surface area contributed by atoms with E-state index in [1.165, 1.54) is 6.07 Å². The van der Waals surface area contributed by atoms with Gasteiger partial charge in [0.2, 0.25) is 0 Å². The van der Waals surface area contributed by atoms with Crippen LogP contribution in [0.25, 0.3) is 0 Å². The molecule has 0 radical (unpaired) electrons. The molecule has 0 aliphatic carbocycles. The molecule has 1 aromatic rings. The zero-order valence-electron chi connectivity index (χ0n) is 10.7. The second-order valence-corrected chi connectivity index (χ2v) is 5.56. The van der Waals surface area contributed by atoms with E-state index in [9.17, 15) is 15.2 Å². The molecule has 3 aliphatic heterocycles. The van der Waals surface area contributed by atoms with E-state index in [0.717, 1.165) is 31.5 Å². The molecule has 19 heavy (non-hydrogen) atoms. The summed E-state index contributed by atoms with van der Waals surface area (Å²) in [6.45, 7) is 2.09. The lowest BCUT2D eigenvalue weighted by atomic mass is 9.78. The number of non-ortho nitro benzene ring substituents is 1. The van der Waals surface area contributed by atoms with E-state index < -0.39 is 0 Å². The first-order valence-corrected chi connectivity index (χ1v) is 6.80. The molecule has 3 heterocycles. The van der Waals surface area contributed by atoms with Gasteiger partial charge in [0.1, 0.15) is 0 Å². The number of nitro groups is 1. The molecule has 2 atom stereocenters. The predicted octanol–water partition coefficient (Wildman–Crippen LogP) is 1.59. The van der Waals surface area contributed by atoms with Crippen molar-refractivity contribution in [3.8, 4) is 0 Å². The molecule has 3 fully saturated rings. The van der Waals surface area contributed by atoms with Crippen molar-refractivity contribution in [2.75, 3.05) is 13.1 Å². The lowest BCUT2D eigenvalue weighted by molar-refractivity contribution is -0.384. The summed E-state index contributed by atoms with van der Waals surface area (Å²) < 4.78 is 0. The van der Waals surface area contributed by atoms with Crippen molar-refractivity contribution in [3.05, 3.63) is 39.9 Å². The fourth-order valence-electron chi connectivity index (χ4n) is 3.41. The minimum atomic E-state index is -0.368. The second kappa shape index (κ2) is 4.90. The van der Waals surface area contributed by atoms with E-state index in [1.807, 2.05) is 6.07 Å². The molecule has 2 unspecified atom stereocenters. The van der Waals surface area contributed by atoms with Crippen molar-refractivity contribution in [1.82, 2.24) is 4.90 Å². The molecule has 5 heteroatoms. The summed E-state index contributed by atoms with van der Waals surface area (Å²) in [5.41, 5.74) is 1.06. The molecule has 1 N–H and O–H groups in total. The summed E-state index contributed by atoms with van der Waals surface area (Å²) in [5, 5.41) is 21.1. The molecule has 3 aliphatic rings. The molecule has 5 nitrogen and oxygen atoms in total. The van der Waals surface area contributed by atoms with Crippen molar-refractivity contribution in [2.45, 2.75) is 31.4 Å². The molecular weight excluding hydrogens is 244 g/mol. The lowest BCUT2D eigenvalue weighted by Crippen LogP contribution is -2.58. The van der Waals surface area contributed by atoms with Crippen LogP contribution in [0.3, 0.4) is 0 Å². The van der Waals surface area contributed by atoms with E-state index in [2.05, 4.69) is 4.90 Å². The van der Waals surface area contributed by atoms with Gasteiger partial charge in [0.05, 0.1) is 11.0 Å². The number of nitrogens with zero attached hydrogens (tertiary/aromatic N) is 2. The Balaban J connectivity index is 1.77. The standard InChI is InChI=1S/C14H18N2O3/c17-14-11-4-6-15(7-5-11)13(14)9-10-2-1-3-12(8-10)16(18)19/h1-3,8,11,13-14,17H,4-7,9H2. The topological polar surface area (TPSA) is 66.6 Å². The molecule has 0 spiro atoms. The van der Waals surface area contributed by atoms with Gasteiger partial charge < -0.3 is 5.11 Å². The number of benzene rings is 1. The lowest BCUT2D eigenvalue weighted by Gasteiger charge is -2.49. The number of rotatable bonds is 3. The molecule has 1 aromatic carbocycles. The Morgan fingerprint density at radius 3 is 2.74 bits per heavy atom. The van der Waals surface area contributed by atoms with Gasteiger partial charge >= 0.3 is 0 Å². The first kappa shape index (κ1) is 12.6. The Bertz CT molecular complexity index is 481. The minimum absolute atomic E-state index is 0.120. The van der Waals surface area contributed by atoms with Crippen LogP contribution >= 0.6 is 0 Å². The SMILES string of the molecule is O=[N+]([O-])c1cccc(CC2C(O)C3CCN2CC3)c1. The molecule has 3 saturated heterocycles. The van der Waals surface area contributed by atoms with Gasteiger partial charge in [-0.25, -0.2) is 0 Å². The Morgan fingerprint density at radius 2 is 2.11 bits per heavy atom. The van der Waals surface area contributed by atoms with Gasteiger partial charge in [-0.15, -0.1) is 0 Å². The average Bonchev–Trinajstić information content (AvgIpc) is 2.43. The summed E-state index contributed by atoms with van der Waals surface area (Å²) in [4.78, 5) is 12.7. The summed E-state index contributed by atoms with van der Waals surface area (Å²) >= 11 is 0. The highest BCUT2D eigenvalue weighted by atomic mass is 16.6. The maximum atomic E-state index is 10.8. The molecule has 102 valence electrons. The monoisotopic (exact) mass is 262 g/mol.